The molecular weight excluding hydrogens is 238 g/mol. The van der Waals surface area contributed by atoms with Crippen LogP contribution in [0.3, 0.4) is 0 Å². The van der Waals surface area contributed by atoms with Crippen LogP contribution in [0.4, 0.5) is 5.69 Å². The maximum Gasteiger partial charge on any atom is 0.227 e. The average Bonchev–Trinajstić information content (AvgIpc) is 2.35. The van der Waals surface area contributed by atoms with Crippen LogP contribution in [0.15, 0.2) is 30.3 Å². The minimum atomic E-state index is 0.129. The van der Waals surface area contributed by atoms with Gasteiger partial charge in [0, 0.05) is 24.6 Å². The van der Waals surface area contributed by atoms with E-state index < -0.39 is 0 Å². The first kappa shape index (κ1) is 15.4. The van der Waals surface area contributed by atoms with Crippen molar-refractivity contribution in [3.05, 3.63) is 30.3 Å². The van der Waals surface area contributed by atoms with E-state index in [1.165, 1.54) is 0 Å². The number of Topliss-reactive ketones (excluding diaryl/α,β-unsaturated/α-hetero) is 1. The number of para-hydroxylation sites is 1. The number of ketones is 1. The van der Waals surface area contributed by atoms with Crippen LogP contribution in [0.1, 0.15) is 46.5 Å². The van der Waals surface area contributed by atoms with Gasteiger partial charge in [-0.05, 0) is 45.7 Å². The molecule has 0 spiro atoms. The number of benzene rings is 1. The number of unbranched alkanes of at least 4 members (excludes halogenated alkanes) is 1. The Bertz CT molecular complexity index is 412. The zero-order valence-corrected chi connectivity index (χ0v) is 12.1. The Morgan fingerprint density at radius 1 is 1.05 bits per heavy atom. The van der Waals surface area contributed by atoms with Crippen molar-refractivity contribution in [1.82, 2.24) is 0 Å². The molecule has 1 amide bonds. The number of rotatable bonds is 7. The Morgan fingerprint density at radius 3 is 2.16 bits per heavy atom. The van der Waals surface area contributed by atoms with Crippen molar-refractivity contribution >= 4 is 17.4 Å². The number of anilines is 1. The number of nitrogens with zero attached hydrogens (tertiary/aromatic N) is 1. The average molecular weight is 261 g/mol. The fourth-order valence-corrected chi connectivity index (χ4v) is 2.09. The molecule has 0 aromatic heterocycles. The van der Waals surface area contributed by atoms with Crippen LogP contribution in [0.2, 0.25) is 0 Å². The Morgan fingerprint density at radius 2 is 1.63 bits per heavy atom. The van der Waals surface area contributed by atoms with Gasteiger partial charge in [0.1, 0.15) is 5.78 Å². The van der Waals surface area contributed by atoms with Crippen molar-refractivity contribution in [3.8, 4) is 0 Å². The molecule has 1 aromatic carbocycles. The smallest absolute Gasteiger partial charge is 0.227 e. The first-order valence-corrected chi connectivity index (χ1v) is 6.89. The highest BCUT2D eigenvalue weighted by atomic mass is 16.2. The fraction of sp³-hybridized carbons (Fsp3) is 0.500. The van der Waals surface area contributed by atoms with E-state index in [0.29, 0.717) is 12.8 Å². The monoisotopic (exact) mass is 261 g/mol. The first-order valence-electron chi connectivity index (χ1n) is 6.89. The van der Waals surface area contributed by atoms with E-state index >= 15 is 0 Å². The zero-order chi connectivity index (χ0) is 14.3. The zero-order valence-electron chi connectivity index (χ0n) is 12.1. The van der Waals surface area contributed by atoms with Gasteiger partial charge in [0.2, 0.25) is 5.91 Å². The molecule has 1 aromatic rings. The van der Waals surface area contributed by atoms with Crippen molar-refractivity contribution in [3.63, 3.8) is 0 Å². The quantitative estimate of drug-likeness (QED) is 0.703. The van der Waals surface area contributed by atoms with Crippen LogP contribution in [-0.4, -0.2) is 17.7 Å². The number of hydrogen-bond donors (Lipinski definition) is 0. The van der Waals surface area contributed by atoms with E-state index in [1.807, 2.05) is 49.1 Å². The third kappa shape index (κ3) is 5.25. The minimum Gasteiger partial charge on any atom is -0.310 e. The lowest BCUT2D eigenvalue weighted by molar-refractivity contribution is -0.120. The number of amides is 1. The third-order valence-corrected chi connectivity index (χ3v) is 2.99. The molecule has 0 saturated heterocycles. The molecule has 0 radical (unpaired) electrons. The second-order valence-electron chi connectivity index (χ2n) is 5.10. The summed E-state index contributed by atoms with van der Waals surface area (Å²) >= 11 is 0. The lowest BCUT2D eigenvalue weighted by Gasteiger charge is -2.27. The molecule has 3 heteroatoms. The highest BCUT2D eigenvalue weighted by Crippen LogP contribution is 2.18. The number of carbonyl (C=O) groups excluding carboxylic acids is 2. The molecule has 1 rings (SSSR count). The summed E-state index contributed by atoms with van der Waals surface area (Å²) in [6.45, 7) is 5.62. The molecule has 0 fully saturated rings. The number of carbonyl (C=O) groups is 2. The molecular formula is C16H23NO2. The van der Waals surface area contributed by atoms with Crippen molar-refractivity contribution in [2.45, 2.75) is 52.5 Å². The van der Waals surface area contributed by atoms with Gasteiger partial charge in [0.05, 0.1) is 0 Å². The maximum absolute atomic E-state index is 12.3. The van der Waals surface area contributed by atoms with E-state index in [4.69, 9.17) is 0 Å². The molecule has 0 atom stereocenters. The predicted molar refractivity (Wildman–Crippen MR) is 78.2 cm³/mol. The van der Waals surface area contributed by atoms with Crippen LogP contribution in [0, 0.1) is 0 Å². The topological polar surface area (TPSA) is 37.4 Å². The molecule has 0 heterocycles. The minimum absolute atomic E-state index is 0.129. The molecule has 0 N–H and O–H groups in total. The van der Waals surface area contributed by atoms with Crippen LogP contribution in [0.25, 0.3) is 0 Å². The molecule has 19 heavy (non-hydrogen) atoms. The molecule has 0 aliphatic rings. The van der Waals surface area contributed by atoms with Crippen LogP contribution >= 0.6 is 0 Å². The van der Waals surface area contributed by atoms with Gasteiger partial charge in [-0.15, -0.1) is 0 Å². The molecule has 0 saturated carbocycles. The van der Waals surface area contributed by atoms with Crippen molar-refractivity contribution in [2.75, 3.05) is 4.90 Å². The predicted octanol–water partition coefficient (Wildman–Crippen LogP) is 3.58. The second kappa shape index (κ2) is 7.72. The van der Waals surface area contributed by atoms with Gasteiger partial charge in [0.15, 0.2) is 0 Å². The normalized spacial score (nSPS) is 10.5. The Kier molecular flexibility index (Phi) is 6.26. The van der Waals surface area contributed by atoms with Gasteiger partial charge in [-0.25, -0.2) is 0 Å². The van der Waals surface area contributed by atoms with Gasteiger partial charge in [-0.2, -0.15) is 0 Å². The van der Waals surface area contributed by atoms with Crippen molar-refractivity contribution in [1.29, 1.82) is 0 Å². The summed E-state index contributed by atoms with van der Waals surface area (Å²) in [7, 11) is 0. The Hall–Kier alpha value is -1.64. The van der Waals surface area contributed by atoms with Crippen molar-refractivity contribution < 1.29 is 9.59 Å². The Balaban J connectivity index is 2.57. The lowest BCUT2D eigenvalue weighted by Crippen LogP contribution is -2.36. The molecule has 0 unspecified atom stereocenters. The molecule has 0 bridgehead atoms. The molecule has 104 valence electrons. The van der Waals surface area contributed by atoms with E-state index in [2.05, 4.69) is 0 Å². The fourth-order valence-electron chi connectivity index (χ4n) is 2.09. The highest BCUT2D eigenvalue weighted by molar-refractivity contribution is 5.93. The summed E-state index contributed by atoms with van der Waals surface area (Å²) in [6.07, 6.45) is 2.64. The largest absolute Gasteiger partial charge is 0.310 e. The molecule has 0 aliphatic carbocycles. The van der Waals surface area contributed by atoms with Gasteiger partial charge in [0.25, 0.3) is 0 Å². The van der Waals surface area contributed by atoms with E-state index in [9.17, 15) is 9.59 Å². The lowest BCUT2D eigenvalue weighted by atomic mass is 10.1. The third-order valence-electron chi connectivity index (χ3n) is 2.99. The standard InChI is InChI=1S/C16H23NO2/c1-13(2)17(15-10-5-4-6-11-15)16(19)12-8-7-9-14(3)18/h4-6,10-11,13H,7-9,12H2,1-3H3. The van der Waals surface area contributed by atoms with Gasteiger partial charge < -0.3 is 9.69 Å². The summed E-state index contributed by atoms with van der Waals surface area (Å²) in [4.78, 5) is 25.0. The summed E-state index contributed by atoms with van der Waals surface area (Å²) < 4.78 is 0. The van der Waals surface area contributed by atoms with Gasteiger partial charge >= 0.3 is 0 Å². The first-order chi connectivity index (χ1) is 9.02. The van der Waals surface area contributed by atoms with Gasteiger partial charge in [-0.1, -0.05) is 18.2 Å². The van der Waals surface area contributed by atoms with Crippen LogP contribution < -0.4 is 4.90 Å². The van der Waals surface area contributed by atoms with Crippen LogP contribution in [0.5, 0.6) is 0 Å². The second-order valence-corrected chi connectivity index (χ2v) is 5.10. The summed E-state index contributed by atoms with van der Waals surface area (Å²) in [5.41, 5.74) is 0.939. The summed E-state index contributed by atoms with van der Waals surface area (Å²) in [5, 5.41) is 0. The maximum atomic E-state index is 12.3. The number of hydrogen-bond acceptors (Lipinski definition) is 2. The van der Waals surface area contributed by atoms with E-state index in [1.54, 1.807) is 6.92 Å². The summed E-state index contributed by atoms with van der Waals surface area (Å²) in [6, 6.07) is 9.87. The highest BCUT2D eigenvalue weighted by Gasteiger charge is 2.18. The van der Waals surface area contributed by atoms with E-state index in [-0.39, 0.29) is 17.7 Å². The molecule has 0 aliphatic heterocycles. The SMILES string of the molecule is CC(=O)CCCCC(=O)N(c1ccccc1)C(C)C. The van der Waals surface area contributed by atoms with Gasteiger partial charge in [-0.3, -0.25) is 4.79 Å². The molecule has 3 nitrogen and oxygen atoms in total. The van der Waals surface area contributed by atoms with E-state index in [0.717, 1.165) is 18.5 Å². The van der Waals surface area contributed by atoms with Crippen molar-refractivity contribution in [2.24, 2.45) is 0 Å². The summed E-state index contributed by atoms with van der Waals surface area (Å²) in [5.74, 6) is 0.320. The Labute approximate surface area is 115 Å². The van der Waals surface area contributed by atoms with Crippen LogP contribution in [-0.2, 0) is 9.59 Å².